The molecule has 0 saturated carbocycles. The molecule has 2 aromatic rings. The Morgan fingerprint density at radius 2 is 1.94 bits per heavy atom. The van der Waals surface area contributed by atoms with Gasteiger partial charge in [0.1, 0.15) is 5.75 Å². The van der Waals surface area contributed by atoms with Crippen LogP contribution >= 0.6 is 0 Å². The molecule has 0 aliphatic rings. The van der Waals surface area contributed by atoms with E-state index in [0.29, 0.717) is 23.9 Å². The lowest BCUT2D eigenvalue weighted by Crippen LogP contribution is -2.03. The van der Waals surface area contributed by atoms with Crippen LogP contribution in [-0.2, 0) is 6.54 Å². The van der Waals surface area contributed by atoms with Gasteiger partial charge >= 0.3 is 0 Å². The van der Waals surface area contributed by atoms with E-state index in [1.165, 1.54) is 0 Å². The van der Waals surface area contributed by atoms with Crippen LogP contribution < -0.4 is 10.5 Å². The fourth-order valence-electron chi connectivity index (χ4n) is 1.42. The first-order chi connectivity index (χ1) is 8.22. The number of hydrogen-bond donors (Lipinski definition) is 2. The van der Waals surface area contributed by atoms with Gasteiger partial charge in [-0.1, -0.05) is 0 Å². The Kier molecular flexibility index (Phi) is 3.20. The van der Waals surface area contributed by atoms with Crippen LogP contribution in [0.3, 0.4) is 0 Å². The standard InChI is InChI=1S/C12H13N3O2/c1-17-11-6-9(7-13)14-12(15-11)8-2-4-10(16)5-3-8/h2-6,16H,7,13H2,1H3. The van der Waals surface area contributed by atoms with E-state index in [4.69, 9.17) is 10.5 Å². The highest BCUT2D eigenvalue weighted by Crippen LogP contribution is 2.21. The van der Waals surface area contributed by atoms with Crippen molar-refractivity contribution in [3.05, 3.63) is 36.0 Å². The molecule has 5 nitrogen and oxygen atoms in total. The number of methoxy groups -OCH3 is 1. The minimum atomic E-state index is 0.204. The second-order valence-corrected chi connectivity index (χ2v) is 3.48. The number of aromatic nitrogens is 2. The van der Waals surface area contributed by atoms with Gasteiger partial charge in [0.05, 0.1) is 12.8 Å². The lowest BCUT2D eigenvalue weighted by molar-refractivity contribution is 0.396. The van der Waals surface area contributed by atoms with Crippen molar-refractivity contribution in [2.75, 3.05) is 7.11 Å². The van der Waals surface area contributed by atoms with Gasteiger partial charge in [0.25, 0.3) is 0 Å². The topological polar surface area (TPSA) is 81.3 Å². The predicted molar refractivity (Wildman–Crippen MR) is 63.6 cm³/mol. The number of nitrogens with zero attached hydrogens (tertiary/aromatic N) is 2. The number of phenols is 1. The van der Waals surface area contributed by atoms with Gasteiger partial charge in [0.15, 0.2) is 5.82 Å². The van der Waals surface area contributed by atoms with Crippen molar-refractivity contribution < 1.29 is 9.84 Å². The molecule has 0 aliphatic heterocycles. The van der Waals surface area contributed by atoms with Crippen molar-refractivity contribution >= 4 is 0 Å². The fourth-order valence-corrected chi connectivity index (χ4v) is 1.42. The largest absolute Gasteiger partial charge is 0.508 e. The van der Waals surface area contributed by atoms with Crippen LogP contribution in [0.25, 0.3) is 11.4 Å². The van der Waals surface area contributed by atoms with Crippen LogP contribution in [0, 0.1) is 0 Å². The summed E-state index contributed by atoms with van der Waals surface area (Å²) in [6, 6.07) is 8.35. The molecule has 0 radical (unpaired) electrons. The quantitative estimate of drug-likeness (QED) is 0.832. The van der Waals surface area contributed by atoms with Crippen molar-refractivity contribution in [2.24, 2.45) is 5.73 Å². The summed E-state index contributed by atoms with van der Waals surface area (Å²) < 4.78 is 5.09. The molecule has 0 unspecified atom stereocenters. The number of aromatic hydroxyl groups is 1. The zero-order chi connectivity index (χ0) is 12.3. The van der Waals surface area contributed by atoms with E-state index in [1.807, 2.05) is 0 Å². The summed E-state index contributed by atoms with van der Waals surface area (Å²) in [7, 11) is 1.54. The lowest BCUT2D eigenvalue weighted by Gasteiger charge is -2.06. The molecule has 3 N–H and O–H groups in total. The molecule has 0 atom stereocenters. The molecular weight excluding hydrogens is 218 g/mol. The highest BCUT2D eigenvalue weighted by molar-refractivity contribution is 5.56. The van der Waals surface area contributed by atoms with Crippen LogP contribution in [0.4, 0.5) is 0 Å². The first-order valence-corrected chi connectivity index (χ1v) is 5.14. The molecule has 0 bridgehead atoms. The Balaban J connectivity index is 2.46. The van der Waals surface area contributed by atoms with E-state index in [1.54, 1.807) is 37.4 Å². The number of phenolic OH excluding ortho intramolecular Hbond substituents is 1. The minimum absolute atomic E-state index is 0.204. The Morgan fingerprint density at radius 1 is 1.24 bits per heavy atom. The van der Waals surface area contributed by atoms with Crippen LogP contribution in [0.2, 0.25) is 0 Å². The minimum Gasteiger partial charge on any atom is -0.508 e. The van der Waals surface area contributed by atoms with E-state index in [-0.39, 0.29) is 5.75 Å². The Hall–Kier alpha value is -2.14. The van der Waals surface area contributed by atoms with Crippen molar-refractivity contribution in [2.45, 2.75) is 6.54 Å². The summed E-state index contributed by atoms with van der Waals surface area (Å²) in [5.41, 5.74) is 7.07. The molecule has 5 heteroatoms. The number of benzene rings is 1. The smallest absolute Gasteiger partial charge is 0.216 e. The first-order valence-electron chi connectivity index (χ1n) is 5.14. The third-order valence-electron chi connectivity index (χ3n) is 2.30. The molecule has 2 rings (SSSR count). The molecular formula is C12H13N3O2. The molecule has 1 aromatic carbocycles. The van der Waals surface area contributed by atoms with Crippen LogP contribution in [0.5, 0.6) is 11.6 Å². The summed E-state index contributed by atoms with van der Waals surface area (Å²) in [5.74, 6) is 1.21. The van der Waals surface area contributed by atoms with E-state index in [9.17, 15) is 5.11 Å². The molecule has 0 saturated heterocycles. The van der Waals surface area contributed by atoms with Gasteiger partial charge in [-0.25, -0.2) is 4.98 Å². The molecule has 17 heavy (non-hydrogen) atoms. The number of ether oxygens (including phenoxy) is 1. The molecule has 1 heterocycles. The Morgan fingerprint density at radius 3 is 2.53 bits per heavy atom. The summed E-state index contributed by atoms with van der Waals surface area (Å²) >= 11 is 0. The molecule has 0 amide bonds. The van der Waals surface area contributed by atoms with Gasteiger partial charge in [0, 0.05) is 18.2 Å². The second kappa shape index (κ2) is 4.80. The van der Waals surface area contributed by atoms with Gasteiger partial charge in [-0.05, 0) is 24.3 Å². The highest BCUT2D eigenvalue weighted by atomic mass is 16.5. The van der Waals surface area contributed by atoms with Gasteiger partial charge in [0.2, 0.25) is 5.88 Å². The maximum atomic E-state index is 9.22. The Labute approximate surface area is 98.9 Å². The molecule has 1 aromatic heterocycles. The van der Waals surface area contributed by atoms with E-state index < -0.39 is 0 Å². The fraction of sp³-hybridized carbons (Fsp3) is 0.167. The lowest BCUT2D eigenvalue weighted by atomic mass is 10.2. The van der Waals surface area contributed by atoms with Crippen LogP contribution in [-0.4, -0.2) is 22.2 Å². The zero-order valence-corrected chi connectivity index (χ0v) is 9.42. The maximum Gasteiger partial charge on any atom is 0.216 e. The normalized spacial score (nSPS) is 10.2. The van der Waals surface area contributed by atoms with E-state index in [2.05, 4.69) is 9.97 Å². The van der Waals surface area contributed by atoms with Crippen molar-refractivity contribution in [3.8, 4) is 23.0 Å². The van der Waals surface area contributed by atoms with Crippen molar-refractivity contribution in [1.82, 2.24) is 9.97 Å². The number of rotatable bonds is 3. The van der Waals surface area contributed by atoms with Crippen LogP contribution in [0.15, 0.2) is 30.3 Å². The highest BCUT2D eigenvalue weighted by Gasteiger charge is 2.06. The van der Waals surface area contributed by atoms with E-state index >= 15 is 0 Å². The SMILES string of the molecule is COc1cc(CN)nc(-c2ccc(O)cc2)n1. The second-order valence-electron chi connectivity index (χ2n) is 3.48. The van der Waals surface area contributed by atoms with Gasteiger partial charge in [-0.2, -0.15) is 4.98 Å². The Bertz CT molecular complexity index is 489. The van der Waals surface area contributed by atoms with Gasteiger partial charge < -0.3 is 15.6 Å². The molecule has 88 valence electrons. The summed E-state index contributed by atoms with van der Waals surface area (Å²) in [6.45, 7) is 0.323. The zero-order valence-electron chi connectivity index (χ0n) is 9.42. The summed E-state index contributed by atoms with van der Waals surface area (Å²) in [5, 5.41) is 9.22. The molecule has 0 spiro atoms. The predicted octanol–water partition coefficient (Wildman–Crippen LogP) is 1.32. The van der Waals surface area contributed by atoms with Crippen molar-refractivity contribution in [1.29, 1.82) is 0 Å². The van der Waals surface area contributed by atoms with Gasteiger partial charge in [-0.15, -0.1) is 0 Å². The number of hydrogen-bond acceptors (Lipinski definition) is 5. The monoisotopic (exact) mass is 231 g/mol. The third kappa shape index (κ3) is 2.51. The summed E-state index contributed by atoms with van der Waals surface area (Å²) in [6.07, 6.45) is 0. The third-order valence-corrected chi connectivity index (χ3v) is 2.30. The maximum absolute atomic E-state index is 9.22. The average molecular weight is 231 g/mol. The average Bonchev–Trinajstić information content (AvgIpc) is 2.39. The molecule has 0 aliphatic carbocycles. The van der Waals surface area contributed by atoms with Crippen LogP contribution in [0.1, 0.15) is 5.69 Å². The van der Waals surface area contributed by atoms with Crippen molar-refractivity contribution in [3.63, 3.8) is 0 Å². The van der Waals surface area contributed by atoms with E-state index in [0.717, 1.165) is 5.56 Å². The first kappa shape index (κ1) is 11.3. The molecule has 0 fully saturated rings. The van der Waals surface area contributed by atoms with Gasteiger partial charge in [-0.3, -0.25) is 0 Å². The summed E-state index contributed by atoms with van der Waals surface area (Å²) in [4.78, 5) is 8.53. The number of nitrogens with two attached hydrogens (primary N) is 1.